The molecule has 0 aliphatic rings. The zero-order valence-electron chi connectivity index (χ0n) is 8.91. The first kappa shape index (κ1) is 13.3. The van der Waals surface area contributed by atoms with Crippen LogP contribution < -0.4 is 0 Å². The molecule has 13 heavy (non-hydrogen) atoms. The van der Waals surface area contributed by atoms with Crippen LogP contribution in [0.1, 0.15) is 52.4 Å². The first-order valence-corrected chi connectivity index (χ1v) is 6.92. The molecule has 0 aromatic carbocycles. The average Bonchev–Trinajstić information content (AvgIpc) is 2.17. The quantitative estimate of drug-likeness (QED) is 0.294. The number of rotatable bonds is 6. The lowest BCUT2D eigenvalue weighted by Gasteiger charge is -2.04. The van der Waals surface area contributed by atoms with Crippen LogP contribution >= 0.6 is 22.6 Å². The highest BCUT2D eigenvalue weighted by molar-refractivity contribution is 14.1. The molecule has 0 heterocycles. The van der Waals surface area contributed by atoms with Crippen LogP contribution in [0.5, 0.6) is 0 Å². The summed E-state index contributed by atoms with van der Waals surface area (Å²) in [4.78, 5) is 0. The van der Waals surface area contributed by atoms with Gasteiger partial charge in [0.25, 0.3) is 0 Å². The summed E-state index contributed by atoms with van der Waals surface area (Å²) in [7, 11) is 0. The Morgan fingerprint density at radius 3 is 2.54 bits per heavy atom. The Morgan fingerprint density at radius 1 is 1.23 bits per heavy atom. The third kappa shape index (κ3) is 8.62. The molecule has 0 spiro atoms. The smallest absolute Gasteiger partial charge is 0.0200 e. The van der Waals surface area contributed by atoms with Crippen molar-refractivity contribution in [3.63, 3.8) is 0 Å². The number of unbranched alkanes of at least 4 members (excludes halogenated alkanes) is 2. The molecule has 0 aromatic heterocycles. The Labute approximate surface area is 97.0 Å². The maximum absolute atomic E-state index is 3.39. The molecule has 0 nitrogen and oxygen atoms in total. The van der Waals surface area contributed by atoms with E-state index in [1.165, 1.54) is 36.5 Å². The van der Waals surface area contributed by atoms with Crippen molar-refractivity contribution in [3.05, 3.63) is 0 Å². The molecule has 76 valence electrons. The van der Waals surface area contributed by atoms with Gasteiger partial charge in [-0.25, -0.2) is 0 Å². The highest BCUT2D eigenvalue weighted by atomic mass is 127. The van der Waals surface area contributed by atoms with Gasteiger partial charge in [-0.2, -0.15) is 0 Å². The molecule has 0 radical (unpaired) electrons. The fourth-order valence-electron chi connectivity index (χ4n) is 1.18. The Hall–Kier alpha value is 0.290. The van der Waals surface area contributed by atoms with Gasteiger partial charge in [0.2, 0.25) is 0 Å². The van der Waals surface area contributed by atoms with Crippen LogP contribution in [-0.4, -0.2) is 4.43 Å². The van der Waals surface area contributed by atoms with E-state index in [-0.39, 0.29) is 0 Å². The molecule has 0 saturated heterocycles. The van der Waals surface area contributed by atoms with Crippen LogP contribution in [0.3, 0.4) is 0 Å². The molecule has 0 bridgehead atoms. The van der Waals surface area contributed by atoms with Crippen molar-refractivity contribution in [1.29, 1.82) is 0 Å². The molecule has 0 aromatic rings. The van der Waals surface area contributed by atoms with Crippen LogP contribution in [0, 0.1) is 17.8 Å². The van der Waals surface area contributed by atoms with Gasteiger partial charge in [-0.3, -0.25) is 0 Å². The number of hydrogen-bond acceptors (Lipinski definition) is 0. The normalized spacial score (nSPS) is 11.9. The first-order chi connectivity index (χ1) is 6.35. The third-order valence-corrected chi connectivity index (χ3v) is 2.90. The van der Waals surface area contributed by atoms with Crippen LogP contribution in [-0.2, 0) is 0 Å². The number of halogens is 1. The van der Waals surface area contributed by atoms with Crippen molar-refractivity contribution in [2.45, 2.75) is 52.4 Å². The van der Waals surface area contributed by atoms with Crippen molar-refractivity contribution in [3.8, 4) is 11.8 Å². The Morgan fingerprint density at radius 2 is 2.00 bits per heavy atom. The summed E-state index contributed by atoms with van der Waals surface area (Å²) in [5.41, 5.74) is 0. The van der Waals surface area contributed by atoms with E-state index in [0.717, 1.165) is 6.42 Å². The van der Waals surface area contributed by atoms with Crippen LogP contribution in [0.4, 0.5) is 0 Å². The molecule has 0 amide bonds. The Bertz CT molecular complexity index is 152. The largest absolute Gasteiger partial charge is 0.103 e. The van der Waals surface area contributed by atoms with Crippen molar-refractivity contribution in [2.75, 3.05) is 4.43 Å². The van der Waals surface area contributed by atoms with Crippen LogP contribution in [0.15, 0.2) is 0 Å². The Kier molecular flexibility index (Phi) is 10.6. The van der Waals surface area contributed by atoms with Gasteiger partial charge in [-0.05, 0) is 30.1 Å². The highest BCUT2D eigenvalue weighted by Crippen LogP contribution is 2.10. The van der Waals surface area contributed by atoms with Crippen molar-refractivity contribution < 1.29 is 0 Å². The van der Waals surface area contributed by atoms with E-state index in [4.69, 9.17) is 0 Å². The van der Waals surface area contributed by atoms with E-state index in [1.807, 2.05) is 0 Å². The molecule has 1 atom stereocenters. The lowest BCUT2D eigenvalue weighted by atomic mass is 10.0. The summed E-state index contributed by atoms with van der Waals surface area (Å²) >= 11 is 2.44. The van der Waals surface area contributed by atoms with Crippen LogP contribution in [0.25, 0.3) is 0 Å². The molecular formula is C12H21I. The van der Waals surface area contributed by atoms with Gasteiger partial charge in [-0.15, -0.1) is 5.92 Å². The second-order valence-corrected chi connectivity index (χ2v) is 4.44. The van der Waals surface area contributed by atoms with Gasteiger partial charge >= 0.3 is 0 Å². The van der Waals surface area contributed by atoms with Crippen LogP contribution in [0.2, 0.25) is 0 Å². The molecule has 1 heteroatoms. The minimum Gasteiger partial charge on any atom is -0.103 e. The van der Waals surface area contributed by atoms with Gasteiger partial charge in [0.05, 0.1) is 0 Å². The van der Waals surface area contributed by atoms with Gasteiger partial charge < -0.3 is 0 Å². The Balaban J connectivity index is 3.59. The predicted octanol–water partition coefficient (Wildman–Crippen LogP) is 4.42. The summed E-state index contributed by atoms with van der Waals surface area (Å²) in [5.74, 6) is 7.34. The number of hydrogen-bond donors (Lipinski definition) is 0. The van der Waals surface area contributed by atoms with Crippen molar-refractivity contribution >= 4 is 22.6 Å². The fourth-order valence-corrected chi connectivity index (χ4v) is 1.62. The van der Waals surface area contributed by atoms with E-state index in [1.54, 1.807) is 0 Å². The number of alkyl halides is 1. The second kappa shape index (κ2) is 10.4. The molecule has 1 unspecified atom stereocenters. The topological polar surface area (TPSA) is 0 Å². The summed E-state index contributed by atoms with van der Waals surface area (Å²) in [6, 6.07) is 0. The minimum atomic E-state index is 0.659. The van der Waals surface area contributed by atoms with E-state index in [0.29, 0.717) is 5.92 Å². The maximum atomic E-state index is 3.39. The lowest BCUT2D eigenvalue weighted by molar-refractivity contribution is 0.585. The van der Waals surface area contributed by atoms with E-state index in [2.05, 4.69) is 48.3 Å². The van der Waals surface area contributed by atoms with E-state index < -0.39 is 0 Å². The summed E-state index contributed by atoms with van der Waals surface area (Å²) < 4.78 is 1.27. The van der Waals surface area contributed by atoms with E-state index in [9.17, 15) is 0 Å². The maximum Gasteiger partial charge on any atom is 0.0200 e. The molecule has 0 aliphatic heterocycles. The van der Waals surface area contributed by atoms with E-state index >= 15 is 0 Å². The van der Waals surface area contributed by atoms with Gasteiger partial charge in [-0.1, -0.05) is 48.8 Å². The zero-order chi connectivity index (χ0) is 9.94. The van der Waals surface area contributed by atoms with Crippen molar-refractivity contribution in [2.24, 2.45) is 5.92 Å². The zero-order valence-corrected chi connectivity index (χ0v) is 11.1. The summed E-state index contributed by atoms with van der Waals surface area (Å²) in [6.45, 7) is 4.46. The average molecular weight is 292 g/mol. The molecule has 0 fully saturated rings. The molecular weight excluding hydrogens is 271 g/mol. The third-order valence-electron chi connectivity index (χ3n) is 2.14. The summed E-state index contributed by atoms with van der Waals surface area (Å²) in [5, 5.41) is 0. The summed E-state index contributed by atoms with van der Waals surface area (Å²) in [6.07, 6.45) is 7.45. The first-order valence-electron chi connectivity index (χ1n) is 5.39. The highest BCUT2D eigenvalue weighted by Gasteiger charge is 1.99. The monoisotopic (exact) mass is 292 g/mol. The van der Waals surface area contributed by atoms with Crippen molar-refractivity contribution in [1.82, 2.24) is 0 Å². The second-order valence-electron chi connectivity index (χ2n) is 3.36. The molecule has 0 saturated carbocycles. The van der Waals surface area contributed by atoms with Gasteiger partial charge in [0, 0.05) is 12.3 Å². The minimum absolute atomic E-state index is 0.659. The lowest BCUT2D eigenvalue weighted by Crippen LogP contribution is -1.95. The van der Waals surface area contributed by atoms with Gasteiger partial charge in [0.15, 0.2) is 0 Å². The fraction of sp³-hybridized carbons (Fsp3) is 0.833. The standard InChI is InChI=1S/C12H21I/c1-3-5-6-7-9-12(4-2)10-8-11-13/h12H,3-6,8,10-11H2,1-2H3. The van der Waals surface area contributed by atoms with Gasteiger partial charge in [0.1, 0.15) is 0 Å². The SMILES string of the molecule is CCCCC#CC(CC)CCCI. The molecule has 0 aliphatic carbocycles. The molecule has 0 N–H and O–H groups in total. The molecule has 0 rings (SSSR count). The predicted molar refractivity (Wildman–Crippen MR) is 69.2 cm³/mol.